The second-order valence-corrected chi connectivity index (χ2v) is 6.41. The fourth-order valence-electron chi connectivity index (χ4n) is 3.58. The normalized spacial score (nSPS) is 27.8. The van der Waals surface area contributed by atoms with E-state index < -0.39 is 0 Å². The largest absolute Gasteiger partial charge is 0.332 e. The van der Waals surface area contributed by atoms with Gasteiger partial charge in [-0.05, 0) is 59.0 Å². The Morgan fingerprint density at radius 2 is 1.86 bits per heavy atom. The van der Waals surface area contributed by atoms with E-state index in [9.17, 15) is 4.79 Å². The Morgan fingerprint density at radius 1 is 1.19 bits per heavy atom. The molecule has 2 aliphatic heterocycles. The number of likely N-dealkylation sites (tertiary alicyclic amines) is 1. The van der Waals surface area contributed by atoms with E-state index >= 15 is 0 Å². The van der Waals surface area contributed by atoms with Crippen molar-refractivity contribution in [2.24, 2.45) is 0 Å². The topological polar surface area (TPSA) is 63.1 Å². The van der Waals surface area contributed by atoms with E-state index in [4.69, 9.17) is 0 Å². The molecule has 116 valence electrons. The fourth-order valence-corrected chi connectivity index (χ4v) is 3.58. The number of aromatic nitrogens is 3. The van der Waals surface area contributed by atoms with E-state index in [0.717, 1.165) is 38.8 Å². The highest BCUT2D eigenvalue weighted by molar-refractivity contribution is 5.92. The highest BCUT2D eigenvalue weighted by atomic mass is 16.2. The van der Waals surface area contributed by atoms with Gasteiger partial charge in [0.1, 0.15) is 0 Å². The van der Waals surface area contributed by atoms with Gasteiger partial charge < -0.3 is 10.2 Å². The maximum atomic E-state index is 12.7. The van der Waals surface area contributed by atoms with Crippen molar-refractivity contribution in [1.29, 1.82) is 0 Å². The fraction of sp³-hybridized carbons (Fsp3) is 0.800. The van der Waals surface area contributed by atoms with Crippen LogP contribution in [0.4, 0.5) is 0 Å². The van der Waals surface area contributed by atoms with Gasteiger partial charge in [-0.1, -0.05) is 5.21 Å². The van der Waals surface area contributed by atoms with Gasteiger partial charge in [-0.25, -0.2) is 4.68 Å². The SMILES string of the molecule is CC1CCCC(C)N1C(=O)c1cn(C2CCNCC2)nn1. The number of amides is 1. The van der Waals surface area contributed by atoms with E-state index in [1.165, 1.54) is 6.42 Å². The average molecular weight is 291 g/mol. The van der Waals surface area contributed by atoms with Crippen molar-refractivity contribution < 1.29 is 4.79 Å². The van der Waals surface area contributed by atoms with Crippen LogP contribution in [0.5, 0.6) is 0 Å². The molecular formula is C15H25N5O. The average Bonchev–Trinajstić information content (AvgIpc) is 2.97. The van der Waals surface area contributed by atoms with Crippen LogP contribution in [-0.4, -0.2) is 51.0 Å². The lowest BCUT2D eigenvalue weighted by molar-refractivity contribution is 0.0504. The summed E-state index contributed by atoms with van der Waals surface area (Å²) in [5, 5.41) is 11.7. The van der Waals surface area contributed by atoms with Crippen molar-refractivity contribution in [3.8, 4) is 0 Å². The lowest BCUT2D eigenvalue weighted by atomic mass is 9.97. The molecule has 3 rings (SSSR count). The molecule has 0 aliphatic carbocycles. The number of carbonyl (C=O) groups is 1. The summed E-state index contributed by atoms with van der Waals surface area (Å²) in [6.45, 7) is 6.28. The van der Waals surface area contributed by atoms with Crippen LogP contribution in [0.2, 0.25) is 0 Å². The van der Waals surface area contributed by atoms with Gasteiger partial charge >= 0.3 is 0 Å². The number of nitrogens with one attached hydrogen (secondary N) is 1. The third-order valence-electron chi connectivity index (χ3n) is 4.84. The molecule has 0 radical (unpaired) electrons. The molecule has 0 aromatic carbocycles. The van der Waals surface area contributed by atoms with Crippen LogP contribution in [0.15, 0.2) is 6.20 Å². The highest BCUT2D eigenvalue weighted by Crippen LogP contribution is 2.24. The summed E-state index contributed by atoms with van der Waals surface area (Å²) in [5.41, 5.74) is 0.495. The second-order valence-electron chi connectivity index (χ2n) is 6.41. The Hall–Kier alpha value is -1.43. The summed E-state index contributed by atoms with van der Waals surface area (Å²) in [4.78, 5) is 14.7. The molecule has 2 atom stereocenters. The zero-order valence-electron chi connectivity index (χ0n) is 13.0. The molecule has 1 N–H and O–H groups in total. The molecule has 6 nitrogen and oxygen atoms in total. The molecule has 0 spiro atoms. The molecule has 1 aromatic heterocycles. The first kappa shape index (κ1) is 14.5. The zero-order valence-corrected chi connectivity index (χ0v) is 13.0. The lowest BCUT2D eigenvalue weighted by Crippen LogP contribution is -2.47. The molecule has 3 heterocycles. The minimum atomic E-state index is 0.0369. The Balaban J connectivity index is 1.74. The standard InChI is InChI=1S/C15H25N5O/c1-11-4-3-5-12(2)20(11)15(21)14-10-19(18-17-14)13-6-8-16-9-7-13/h10-13,16H,3-9H2,1-2H3. The molecule has 2 saturated heterocycles. The van der Waals surface area contributed by atoms with Crippen molar-refractivity contribution in [1.82, 2.24) is 25.2 Å². The van der Waals surface area contributed by atoms with Crippen LogP contribution in [0, 0.1) is 0 Å². The molecule has 0 saturated carbocycles. The molecule has 1 amide bonds. The number of piperidine rings is 2. The first-order valence-corrected chi connectivity index (χ1v) is 8.12. The highest BCUT2D eigenvalue weighted by Gasteiger charge is 2.31. The number of hydrogen-bond acceptors (Lipinski definition) is 4. The van der Waals surface area contributed by atoms with Crippen LogP contribution >= 0.6 is 0 Å². The van der Waals surface area contributed by atoms with Gasteiger partial charge in [-0.2, -0.15) is 0 Å². The maximum Gasteiger partial charge on any atom is 0.276 e. The van der Waals surface area contributed by atoms with E-state index in [2.05, 4.69) is 29.5 Å². The van der Waals surface area contributed by atoms with Gasteiger partial charge in [0.15, 0.2) is 5.69 Å². The third kappa shape index (κ3) is 2.95. The van der Waals surface area contributed by atoms with E-state index in [0.29, 0.717) is 23.8 Å². The number of nitrogens with zero attached hydrogens (tertiary/aromatic N) is 4. The predicted octanol–water partition coefficient (Wildman–Crippen LogP) is 1.61. The Kier molecular flexibility index (Phi) is 4.24. The zero-order chi connectivity index (χ0) is 14.8. The number of hydrogen-bond donors (Lipinski definition) is 1. The van der Waals surface area contributed by atoms with Gasteiger partial charge in [0.25, 0.3) is 5.91 Å². The van der Waals surface area contributed by atoms with Gasteiger partial charge in [0.05, 0.1) is 12.2 Å². The summed E-state index contributed by atoms with van der Waals surface area (Å²) < 4.78 is 1.88. The molecule has 1 aromatic rings. The van der Waals surface area contributed by atoms with Gasteiger partial charge in [0.2, 0.25) is 0 Å². The van der Waals surface area contributed by atoms with Gasteiger partial charge in [0, 0.05) is 12.1 Å². The molecule has 0 bridgehead atoms. The molecule has 2 fully saturated rings. The summed E-state index contributed by atoms with van der Waals surface area (Å²) in [5.74, 6) is 0.0369. The smallest absolute Gasteiger partial charge is 0.276 e. The Labute approximate surface area is 125 Å². The van der Waals surface area contributed by atoms with Gasteiger partial charge in [-0.15, -0.1) is 5.10 Å². The van der Waals surface area contributed by atoms with Crippen LogP contribution < -0.4 is 5.32 Å². The second kappa shape index (κ2) is 6.13. The molecule has 2 unspecified atom stereocenters. The van der Waals surface area contributed by atoms with E-state index in [1.54, 1.807) is 0 Å². The molecule has 2 aliphatic rings. The van der Waals surface area contributed by atoms with Crippen LogP contribution in [-0.2, 0) is 0 Å². The minimum Gasteiger partial charge on any atom is -0.332 e. The van der Waals surface area contributed by atoms with Crippen molar-refractivity contribution in [3.05, 3.63) is 11.9 Å². The summed E-state index contributed by atoms with van der Waals surface area (Å²) >= 11 is 0. The lowest BCUT2D eigenvalue weighted by Gasteiger charge is -2.38. The number of rotatable bonds is 2. The van der Waals surface area contributed by atoms with Crippen molar-refractivity contribution in [2.45, 2.75) is 64.1 Å². The quantitative estimate of drug-likeness (QED) is 0.899. The first-order valence-electron chi connectivity index (χ1n) is 8.12. The molecule has 6 heteroatoms. The third-order valence-corrected chi connectivity index (χ3v) is 4.84. The number of carbonyl (C=O) groups excluding carboxylic acids is 1. The maximum absolute atomic E-state index is 12.7. The van der Waals surface area contributed by atoms with Crippen LogP contribution in [0.3, 0.4) is 0 Å². The minimum absolute atomic E-state index is 0.0369. The summed E-state index contributed by atoms with van der Waals surface area (Å²) in [7, 11) is 0. The first-order chi connectivity index (χ1) is 10.2. The van der Waals surface area contributed by atoms with E-state index in [-0.39, 0.29) is 5.91 Å². The van der Waals surface area contributed by atoms with Crippen molar-refractivity contribution in [3.63, 3.8) is 0 Å². The molecule has 21 heavy (non-hydrogen) atoms. The van der Waals surface area contributed by atoms with Crippen LogP contribution in [0.25, 0.3) is 0 Å². The summed E-state index contributed by atoms with van der Waals surface area (Å²) in [6, 6.07) is 0.965. The van der Waals surface area contributed by atoms with Crippen molar-refractivity contribution in [2.75, 3.05) is 13.1 Å². The predicted molar refractivity (Wildman–Crippen MR) is 80.1 cm³/mol. The van der Waals surface area contributed by atoms with E-state index in [1.807, 2.05) is 15.8 Å². The summed E-state index contributed by atoms with van der Waals surface area (Å²) in [6.07, 6.45) is 7.30. The monoisotopic (exact) mass is 291 g/mol. The Morgan fingerprint density at radius 3 is 2.52 bits per heavy atom. The molecular weight excluding hydrogens is 266 g/mol. The van der Waals surface area contributed by atoms with Crippen LogP contribution in [0.1, 0.15) is 62.5 Å². The van der Waals surface area contributed by atoms with Gasteiger partial charge in [-0.3, -0.25) is 4.79 Å². The Bertz CT molecular complexity index is 484. The van der Waals surface area contributed by atoms with Crippen molar-refractivity contribution >= 4 is 5.91 Å².